The molecule has 4 heteroatoms. The van der Waals surface area contributed by atoms with Crippen LogP contribution in [-0.4, -0.2) is 16.7 Å². The molecule has 1 aromatic heterocycles. The summed E-state index contributed by atoms with van der Waals surface area (Å²) in [5.41, 5.74) is 0. The predicted molar refractivity (Wildman–Crippen MR) is 52.7 cm³/mol. The zero-order valence-corrected chi connectivity index (χ0v) is 8.44. The van der Waals surface area contributed by atoms with Crippen LogP contribution >= 0.6 is 0 Å². The summed E-state index contributed by atoms with van der Waals surface area (Å²) < 4.78 is 5.13. The molecule has 0 atom stereocenters. The minimum atomic E-state index is -0.0890. The van der Waals surface area contributed by atoms with Crippen molar-refractivity contribution in [2.75, 3.05) is 0 Å². The fraction of sp³-hybridized carbons (Fsp3) is 0.455. The lowest BCUT2D eigenvalue weighted by Gasteiger charge is -2.16. The van der Waals surface area contributed by atoms with Gasteiger partial charge in [0, 0.05) is 12.8 Å². The fourth-order valence-corrected chi connectivity index (χ4v) is 1.70. The van der Waals surface area contributed by atoms with E-state index in [4.69, 9.17) is 4.42 Å². The van der Waals surface area contributed by atoms with Gasteiger partial charge in [-0.1, -0.05) is 0 Å². The van der Waals surface area contributed by atoms with Crippen molar-refractivity contribution in [1.82, 2.24) is 4.90 Å². The maximum absolute atomic E-state index is 11.6. The third-order valence-corrected chi connectivity index (χ3v) is 2.53. The zero-order valence-electron chi connectivity index (χ0n) is 8.44. The average Bonchev–Trinajstić information content (AvgIpc) is 2.67. The molecule has 15 heavy (non-hydrogen) atoms. The van der Waals surface area contributed by atoms with E-state index in [0.29, 0.717) is 18.6 Å². The van der Waals surface area contributed by atoms with Gasteiger partial charge >= 0.3 is 0 Å². The van der Waals surface area contributed by atoms with Crippen LogP contribution in [0.15, 0.2) is 22.8 Å². The predicted octanol–water partition coefficient (Wildman–Crippen LogP) is 1.71. The number of imide groups is 1. The SMILES string of the molecule is O=C1CCCCC(=O)N1Cc1ccco1. The monoisotopic (exact) mass is 207 g/mol. The third-order valence-electron chi connectivity index (χ3n) is 2.53. The molecule has 0 aliphatic carbocycles. The van der Waals surface area contributed by atoms with Gasteiger partial charge in [-0.3, -0.25) is 14.5 Å². The van der Waals surface area contributed by atoms with Gasteiger partial charge < -0.3 is 4.42 Å². The Hall–Kier alpha value is -1.58. The first-order chi connectivity index (χ1) is 7.27. The number of likely N-dealkylation sites (tertiary alicyclic amines) is 1. The van der Waals surface area contributed by atoms with Crippen LogP contribution in [0.25, 0.3) is 0 Å². The second kappa shape index (κ2) is 4.29. The molecule has 1 fully saturated rings. The summed E-state index contributed by atoms with van der Waals surface area (Å²) >= 11 is 0. The first-order valence-corrected chi connectivity index (χ1v) is 5.13. The minimum Gasteiger partial charge on any atom is -0.467 e. The van der Waals surface area contributed by atoms with Crippen LogP contribution in [-0.2, 0) is 16.1 Å². The highest BCUT2D eigenvalue weighted by Gasteiger charge is 2.24. The molecule has 1 saturated heterocycles. The maximum Gasteiger partial charge on any atom is 0.229 e. The van der Waals surface area contributed by atoms with Crippen molar-refractivity contribution in [2.24, 2.45) is 0 Å². The summed E-state index contributed by atoms with van der Waals surface area (Å²) in [4.78, 5) is 24.5. The summed E-state index contributed by atoms with van der Waals surface area (Å²) in [7, 11) is 0. The Morgan fingerprint density at radius 2 is 1.87 bits per heavy atom. The number of rotatable bonds is 2. The highest BCUT2D eigenvalue weighted by atomic mass is 16.3. The molecule has 2 amide bonds. The van der Waals surface area contributed by atoms with E-state index in [1.54, 1.807) is 18.4 Å². The first-order valence-electron chi connectivity index (χ1n) is 5.13. The molecule has 2 rings (SSSR count). The lowest BCUT2D eigenvalue weighted by atomic mass is 10.2. The Balaban J connectivity index is 2.10. The van der Waals surface area contributed by atoms with E-state index in [9.17, 15) is 9.59 Å². The van der Waals surface area contributed by atoms with Gasteiger partial charge in [-0.15, -0.1) is 0 Å². The largest absolute Gasteiger partial charge is 0.467 e. The molecule has 0 saturated carbocycles. The summed E-state index contributed by atoms with van der Waals surface area (Å²) in [5.74, 6) is 0.474. The van der Waals surface area contributed by atoms with Crippen molar-refractivity contribution in [3.05, 3.63) is 24.2 Å². The van der Waals surface area contributed by atoms with Gasteiger partial charge in [0.05, 0.1) is 12.8 Å². The van der Waals surface area contributed by atoms with Crippen molar-refractivity contribution >= 4 is 11.8 Å². The van der Waals surface area contributed by atoms with Crippen molar-refractivity contribution in [3.8, 4) is 0 Å². The molecule has 0 bridgehead atoms. The molecule has 0 aromatic carbocycles. The van der Waals surface area contributed by atoms with E-state index in [0.717, 1.165) is 12.8 Å². The lowest BCUT2D eigenvalue weighted by molar-refractivity contribution is -0.144. The number of nitrogens with zero attached hydrogens (tertiary/aromatic N) is 1. The number of carbonyl (C=O) groups is 2. The van der Waals surface area contributed by atoms with Crippen molar-refractivity contribution < 1.29 is 14.0 Å². The highest BCUT2D eigenvalue weighted by Crippen LogP contribution is 2.15. The van der Waals surface area contributed by atoms with Gasteiger partial charge in [-0.2, -0.15) is 0 Å². The van der Waals surface area contributed by atoms with Gasteiger partial charge in [-0.25, -0.2) is 0 Å². The van der Waals surface area contributed by atoms with E-state index in [1.807, 2.05) is 0 Å². The molecule has 1 aliphatic heterocycles. The number of amides is 2. The van der Waals surface area contributed by atoms with Gasteiger partial charge in [0.2, 0.25) is 11.8 Å². The Bertz CT molecular complexity index is 338. The molecule has 80 valence electrons. The third kappa shape index (κ3) is 2.26. The Labute approximate surface area is 87.9 Å². The quantitative estimate of drug-likeness (QED) is 0.693. The minimum absolute atomic E-state index is 0.0890. The Morgan fingerprint density at radius 3 is 2.40 bits per heavy atom. The molecule has 0 unspecified atom stereocenters. The molecule has 2 heterocycles. The number of hydrogen-bond acceptors (Lipinski definition) is 3. The van der Waals surface area contributed by atoms with Gasteiger partial charge in [0.15, 0.2) is 0 Å². The Morgan fingerprint density at radius 1 is 1.20 bits per heavy atom. The second-order valence-electron chi connectivity index (χ2n) is 3.66. The van der Waals surface area contributed by atoms with Crippen LogP contribution in [0.5, 0.6) is 0 Å². The van der Waals surface area contributed by atoms with Crippen LogP contribution in [0.2, 0.25) is 0 Å². The average molecular weight is 207 g/mol. The molecule has 0 spiro atoms. The molecule has 1 aromatic rings. The summed E-state index contributed by atoms with van der Waals surface area (Å²) in [6.07, 6.45) is 4.08. The topological polar surface area (TPSA) is 50.5 Å². The summed E-state index contributed by atoms with van der Waals surface area (Å²) in [6, 6.07) is 3.52. The van der Waals surface area contributed by atoms with E-state index in [2.05, 4.69) is 0 Å². The molecular weight excluding hydrogens is 194 g/mol. The maximum atomic E-state index is 11.6. The summed E-state index contributed by atoms with van der Waals surface area (Å²) in [5, 5.41) is 0. The normalized spacial score (nSPS) is 18.0. The van der Waals surface area contributed by atoms with Crippen LogP contribution in [0.4, 0.5) is 0 Å². The standard InChI is InChI=1S/C11H13NO3/c13-10-5-1-2-6-11(14)12(10)8-9-4-3-7-15-9/h3-4,7H,1-2,5-6,8H2. The fourth-order valence-electron chi connectivity index (χ4n) is 1.70. The molecule has 0 N–H and O–H groups in total. The molecule has 1 aliphatic rings. The van der Waals surface area contributed by atoms with Crippen molar-refractivity contribution in [1.29, 1.82) is 0 Å². The number of furan rings is 1. The van der Waals surface area contributed by atoms with Gasteiger partial charge in [0.25, 0.3) is 0 Å². The van der Waals surface area contributed by atoms with Crippen LogP contribution in [0, 0.1) is 0 Å². The van der Waals surface area contributed by atoms with Crippen LogP contribution in [0.3, 0.4) is 0 Å². The first kappa shape index (κ1) is 9.96. The van der Waals surface area contributed by atoms with Crippen LogP contribution < -0.4 is 0 Å². The number of hydrogen-bond donors (Lipinski definition) is 0. The van der Waals surface area contributed by atoms with Crippen molar-refractivity contribution in [2.45, 2.75) is 32.2 Å². The smallest absolute Gasteiger partial charge is 0.229 e. The molecule has 0 radical (unpaired) electrons. The van der Waals surface area contributed by atoms with Gasteiger partial charge in [-0.05, 0) is 25.0 Å². The van der Waals surface area contributed by atoms with Gasteiger partial charge in [0.1, 0.15) is 5.76 Å². The number of carbonyl (C=O) groups excluding carboxylic acids is 2. The van der Waals surface area contributed by atoms with E-state index in [1.165, 1.54) is 4.90 Å². The zero-order chi connectivity index (χ0) is 10.7. The van der Waals surface area contributed by atoms with E-state index >= 15 is 0 Å². The molecular formula is C11H13NO3. The molecule has 4 nitrogen and oxygen atoms in total. The highest BCUT2D eigenvalue weighted by molar-refractivity contribution is 5.95. The Kier molecular flexibility index (Phi) is 2.85. The van der Waals surface area contributed by atoms with Crippen molar-refractivity contribution in [3.63, 3.8) is 0 Å². The lowest BCUT2D eigenvalue weighted by Crippen LogP contribution is -2.34. The summed E-state index contributed by atoms with van der Waals surface area (Å²) in [6.45, 7) is 0.269. The van der Waals surface area contributed by atoms with E-state index in [-0.39, 0.29) is 18.4 Å². The second-order valence-corrected chi connectivity index (χ2v) is 3.66. The van der Waals surface area contributed by atoms with Crippen LogP contribution in [0.1, 0.15) is 31.4 Å². The van der Waals surface area contributed by atoms with E-state index < -0.39 is 0 Å².